The fourth-order valence-corrected chi connectivity index (χ4v) is 1.33. The van der Waals surface area contributed by atoms with Crippen molar-refractivity contribution in [2.75, 3.05) is 0 Å². The Morgan fingerprint density at radius 3 is 2.64 bits per heavy atom. The molecular formula is C11H11N3. The minimum absolute atomic E-state index is 0.621. The summed E-state index contributed by atoms with van der Waals surface area (Å²) in [4.78, 5) is 2.85. The monoisotopic (exact) mass is 185 g/mol. The fraction of sp³-hybridized carbons (Fsp3) is 0.273. The zero-order valence-corrected chi connectivity index (χ0v) is 7.80. The fourth-order valence-electron chi connectivity index (χ4n) is 1.33. The largest absolute Gasteiger partial charge is 0.0712 e. The molecule has 0 bridgehead atoms. The van der Waals surface area contributed by atoms with Crippen LogP contribution in [0.5, 0.6) is 0 Å². The van der Waals surface area contributed by atoms with Crippen molar-refractivity contribution in [1.82, 2.24) is 0 Å². The van der Waals surface area contributed by atoms with E-state index in [4.69, 9.17) is 5.53 Å². The van der Waals surface area contributed by atoms with E-state index in [9.17, 15) is 0 Å². The number of allylic oxidation sites excluding steroid dienone is 1. The Morgan fingerprint density at radius 1 is 1.36 bits per heavy atom. The molecule has 3 nitrogen and oxygen atoms in total. The Balaban J connectivity index is 2.30. The van der Waals surface area contributed by atoms with Gasteiger partial charge < -0.3 is 0 Å². The number of nitrogens with zero attached hydrogens (tertiary/aromatic N) is 3. The lowest BCUT2D eigenvalue weighted by molar-refractivity contribution is 1.12. The van der Waals surface area contributed by atoms with Crippen LogP contribution < -0.4 is 0 Å². The Hall–Kier alpha value is -1.73. The van der Waals surface area contributed by atoms with E-state index in [1.54, 1.807) is 0 Å². The zero-order chi connectivity index (χ0) is 9.80. The molecule has 1 fully saturated rings. The van der Waals surface area contributed by atoms with Crippen LogP contribution in [0.2, 0.25) is 0 Å². The van der Waals surface area contributed by atoms with Crippen LogP contribution in [-0.4, -0.2) is 0 Å². The molecule has 2 rings (SSSR count). The van der Waals surface area contributed by atoms with Crippen LogP contribution in [0.25, 0.3) is 16.1 Å². The normalized spacial score (nSPS) is 16.1. The van der Waals surface area contributed by atoms with E-state index in [0.29, 0.717) is 5.92 Å². The maximum atomic E-state index is 8.45. The van der Waals surface area contributed by atoms with Crippen molar-refractivity contribution in [1.29, 1.82) is 0 Å². The molecule has 1 aromatic rings. The molecule has 0 spiro atoms. The molecule has 70 valence electrons. The van der Waals surface area contributed by atoms with E-state index in [2.05, 4.69) is 16.1 Å². The minimum atomic E-state index is 0.621. The number of hydrogen-bond acceptors (Lipinski definition) is 1. The van der Waals surface area contributed by atoms with E-state index in [1.165, 1.54) is 12.8 Å². The van der Waals surface area contributed by atoms with Crippen molar-refractivity contribution < 1.29 is 0 Å². The third-order valence-corrected chi connectivity index (χ3v) is 2.24. The summed E-state index contributed by atoms with van der Waals surface area (Å²) in [6.45, 7) is 0. The summed E-state index contributed by atoms with van der Waals surface area (Å²) in [5, 5.41) is 3.72. The highest BCUT2D eigenvalue weighted by Gasteiger charge is 2.19. The Bertz CT molecular complexity index is 384. The predicted molar refractivity (Wildman–Crippen MR) is 56.3 cm³/mol. The van der Waals surface area contributed by atoms with E-state index in [0.717, 1.165) is 11.3 Å². The van der Waals surface area contributed by atoms with Crippen molar-refractivity contribution in [2.45, 2.75) is 12.8 Å². The second-order valence-corrected chi connectivity index (χ2v) is 3.44. The van der Waals surface area contributed by atoms with Gasteiger partial charge in [0.05, 0.1) is 0 Å². The maximum absolute atomic E-state index is 8.45. The SMILES string of the molecule is [N-]=[N+]=N/C(=C/C1CC1)c1ccccc1. The Morgan fingerprint density at radius 2 is 2.07 bits per heavy atom. The minimum Gasteiger partial charge on any atom is -0.0712 e. The number of hydrogen-bond donors (Lipinski definition) is 0. The zero-order valence-electron chi connectivity index (χ0n) is 7.80. The average molecular weight is 185 g/mol. The van der Waals surface area contributed by atoms with Crippen LogP contribution in [0.3, 0.4) is 0 Å². The average Bonchev–Trinajstić information content (AvgIpc) is 3.03. The molecule has 3 heteroatoms. The molecule has 0 amide bonds. The summed E-state index contributed by atoms with van der Waals surface area (Å²) in [6, 6.07) is 9.77. The van der Waals surface area contributed by atoms with Crippen molar-refractivity contribution >= 4 is 5.70 Å². The molecule has 1 aliphatic rings. The molecule has 0 aliphatic heterocycles. The molecule has 0 unspecified atom stereocenters. The standard InChI is InChI=1S/C11H11N3/c12-14-13-11(8-9-6-7-9)10-4-2-1-3-5-10/h1-5,8-9H,6-7H2/b11-8+. The summed E-state index contributed by atoms with van der Waals surface area (Å²) in [5.74, 6) is 0.621. The van der Waals surface area contributed by atoms with Gasteiger partial charge in [0.15, 0.2) is 0 Å². The first kappa shape index (κ1) is 8.85. The van der Waals surface area contributed by atoms with Crippen molar-refractivity contribution in [3.05, 3.63) is 52.4 Å². The molecule has 1 aromatic carbocycles. The van der Waals surface area contributed by atoms with Crippen LogP contribution in [-0.2, 0) is 0 Å². The van der Waals surface area contributed by atoms with Crippen LogP contribution in [0.4, 0.5) is 0 Å². The topological polar surface area (TPSA) is 48.8 Å². The first-order chi connectivity index (χ1) is 6.90. The van der Waals surface area contributed by atoms with Gasteiger partial charge in [0.2, 0.25) is 0 Å². The van der Waals surface area contributed by atoms with Crippen LogP contribution >= 0.6 is 0 Å². The van der Waals surface area contributed by atoms with E-state index in [1.807, 2.05) is 30.3 Å². The van der Waals surface area contributed by atoms with Gasteiger partial charge in [-0.25, -0.2) is 0 Å². The molecule has 1 saturated carbocycles. The first-order valence-corrected chi connectivity index (χ1v) is 4.72. The third kappa shape index (κ3) is 2.15. The summed E-state index contributed by atoms with van der Waals surface area (Å²) in [5.41, 5.74) is 10.2. The summed E-state index contributed by atoms with van der Waals surface area (Å²) >= 11 is 0. The second kappa shape index (κ2) is 3.99. The third-order valence-electron chi connectivity index (χ3n) is 2.24. The number of rotatable bonds is 3. The van der Waals surface area contributed by atoms with Gasteiger partial charge in [-0.2, -0.15) is 0 Å². The van der Waals surface area contributed by atoms with Crippen LogP contribution in [0.1, 0.15) is 18.4 Å². The first-order valence-electron chi connectivity index (χ1n) is 4.72. The lowest BCUT2D eigenvalue weighted by atomic mass is 10.1. The lowest BCUT2D eigenvalue weighted by Crippen LogP contribution is -1.79. The van der Waals surface area contributed by atoms with E-state index >= 15 is 0 Å². The van der Waals surface area contributed by atoms with Gasteiger partial charge in [0, 0.05) is 10.6 Å². The molecule has 0 radical (unpaired) electrons. The van der Waals surface area contributed by atoms with Crippen molar-refractivity contribution in [2.24, 2.45) is 11.0 Å². The van der Waals surface area contributed by atoms with Crippen LogP contribution in [0, 0.1) is 5.92 Å². The van der Waals surface area contributed by atoms with Gasteiger partial charge >= 0.3 is 0 Å². The van der Waals surface area contributed by atoms with Gasteiger partial charge in [-0.1, -0.05) is 41.5 Å². The smallest absolute Gasteiger partial charge is 0.0410 e. The Labute approximate surface area is 82.7 Å². The van der Waals surface area contributed by atoms with Gasteiger partial charge in [0.25, 0.3) is 0 Å². The molecule has 0 aromatic heterocycles. The maximum Gasteiger partial charge on any atom is 0.0410 e. The van der Waals surface area contributed by atoms with Gasteiger partial charge in [-0.05, 0) is 29.9 Å². The van der Waals surface area contributed by atoms with E-state index in [-0.39, 0.29) is 0 Å². The second-order valence-electron chi connectivity index (χ2n) is 3.44. The summed E-state index contributed by atoms with van der Waals surface area (Å²) < 4.78 is 0. The van der Waals surface area contributed by atoms with Crippen molar-refractivity contribution in [3.63, 3.8) is 0 Å². The summed E-state index contributed by atoms with van der Waals surface area (Å²) in [7, 11) is 0. The molecule has 1 aliphatic carbocycles. The van der Waals surface area contributed by atoms with Gasteiger partial charge in [0.1, 0.15) is 0 Å². The molecule has 14 heavy (non-hydrogen) atoms. The van der Waals surface area contributed by atoms with Gasteiger partial charge in [-0.3, -0.25) is 0 Å². The highest BCUT2D eigenvalue weighted by molar-refractivity contribution is 5.64. The Kier molecular flexibility index (Phi) is 2.52. The highest BCUT2D eigenvalue weighted by atomic mass is 15.1. The molecule has 0 heterocycles. The highest BCUT2D eigenvalue weighted by Crippen LogP contribution is 2.33. The van der Waals surface area contributed by atoms with E-state index < -0.39 is 0 Å². The summed E-state index contributed by atoms with van der Waals surface area (Å²) in [6.07, 6.45) is 4.50. The molecule has 0 saturated heterocycles. The van der Waals surface area contributed by atoms with Gasteiger partial charge in [-0.15, -0.1) is 0 Å². The number of benzene rings is 1. The quantitative estimate of drug-likeness (QED) is 0.391. The molecule has 0 N–H and O–H groups in total. The van der Waals surface area contributed by atoms with Crippen molar-refractivity contribution in [3.8, 4) is 0 Å². The predicted octanol–water partition coefficient (Wildman–Crippen LogP) is 3.75. The lowest BCUT2D eigenvalue weighted by Gasteiger charge is -1.99. The molecule has 0 atom stereocenters. The number of azide groups is 1. The molecular weight excluding hydrogens is 174 g/mol. The van der Waals surface area contributed by atoms with Crippen LogP contribution in [0.15, 0.2) is 41.5 Å².